The summed E-state index contributed by atoms with van der Waals surface area (Å²) in [6.45, 7) is 2.48. The van der Waals surface area contributed by atoms with Crippen molar-refractivity contribution in [2.75, 3.05) is 0 Å². The van der Waals surface area contributed by atoms with Gasteiger partial charge in [0.25, 0.3) is 0 Å². The van der Waals surface area contributed by atoms with E-state index in [4.69, 9.17) is 0 Å². The summed E-state index contributed by atoms with van der Waals surface area (Å²) in [5.74, 6) is 6.20. The van der Waals surface area contributed by atoms with Crippen molar-refractivity contribution >= 4 is 0 Å². The first-order valence-corrected chi connectivity index (χ1v) is 6.37. The van der Waals surface area contributed by atoms with Crippen LogP contribution in [0.4, 0.5) is 0 Å². The van der Waals surface area contributed by atoms with Crippen molar-refractivity contribution in [3.05, 3.63) is 0 Å². The van der Waals surface area contributed by atoms with Gasteiger partial charge < -0.3 is 0 Å². The molecule has 0 aromatic rings. The van der Waals surface area contributed by atoms with Gasteiger partial charge in [-0.3, -0.25) is 0 Å². The fraction of sp³-hybridized carbons (Fsp3) is 1.00. The van der Waals surface area contributed by atoms with Crippen LogP contribution in [0.2, 0.25) is 0 Å². The molecule has 0 radical (unpaired) electrons. The zero-order chi connectivity index (χ0) is 8.42. The van der Waals surface area contributed by atoms with Crippen molar-refractivity contribution in [3.63, 3.8) is 0 Å². The quantitative estimate of drug-likeness (QED) is 0.573. The first-order valence-electron chi connectivity index (χ1n) is 6.37. The molecule has 7 atom stereocenters. The second kappa shape index (κ2) is 1.42. The number of hydrogen-bond donors (Lipinski definition) is 0. The Morgan fingerprint density at radius 2 is 1.85 bits per heavy atom. The molecule has 6 unspecified atom stereocenters. The highest BCUT2D eigenvalue weighted by Crippen LogP contribution is 3.00. The van der Waals surface area contributed by atoms with E-state index < -0.39 is 0 Å². The third-order valence-corrected chi connectivity index (χ3v) is 7.09. The van der Waals surface area contributed by atoms with E-state index in [0.717, 1.165) is 10.8 Å². The van der Waals surface area contributed by atoms with Gasteiger partial charge in [-0.15, -0.1) is 0 Å². The third-order valence-electron chi connectivity index (χ3n) is 7.09. The molecule has 0 aliphatic heterocycles. The lowest BCUT2D eigenvalue weighted by molar-refractivity contribution is 0.184. The summed E-state index contributed by atoms with van der Waals surface area (Å²) in [7, 11) is 0. The Morgan fingerprint density at radius 1 is 1.08 bits per heavy atom. The van der Waals surface area contributed by atoms with Crippen LogP contribution >= 0.6 is 0 Å². The van der Waals surface area contributed by atoms with E-state index in [2.05, 4.69) is 6.92 Å². The zero-order valence-corrected chi connectivity index (χ0v) is 8.42. The summed E-state index contributed by atoms with van der Waals surface area (Å²) in [4.78, 5) is 0. The summed E-state index contributed by atoms with van der Waals surface area (Å²) in [5.41, 5.74) is 1.94. The minimum absolute atomic E-state index is 0.940. The molecular formula is C13H18. The highest BCUT2D eigenvalue weighted by Gasteiger charge is 2.96. The molecule has 6 aliphatic carbocycles. The van der Waals surface area contributed by atoms with Crippen LogP contribution < -0.4 is 0 Å². The van der Waals surface area contributed by atoms with Gasteiger partial charge >= 0.3 is 0 Å². The average Bonchev–Trinajstić information content (AvgIpc) is 2.96. The molecule has 0 aromatic carbocycles. The predicted molar refractivity (Wildman–Crippen MR) is 51.1 cm³/mol. The third kappa shape index (κ3) is 0.383. The molecule has 4 bridgehead atoms. The van der Waals surface area contributed by atoms with Crippen LogP contribution in [0, 0.1) is 40.4 Å². The van der Waals surface area contributed by atoms with Gasteiger partial charge in [-0.2, -0.15) is 0 Å². The first kappa shape index (κ1) is 6.48. The fourth-order valence-corrected chi connectivity index (χ4v) is 6.74. The normalized spacial score (nSPS) is 79.6. The molecule has 0 amide bonds. The van der Waals surface area contributed by atoms with Crippen LogP contribution in [0.5, 0.6) is 0 Å². The molecule has 0 N–H and O–H groups in total. The molecule has 0 heteroatoms. The van der Waals surface area contributed by atoms with Crippen molar-refractivity contribution in [3.8, 4) is 0 Å². The molecule has 13 heavy (non-hydrogen) atoms. The van der Waals surface area contributed by atoms with Gasteiger partial charge in [0.05, 0.1) is 0 Å². The van der Waals surface area contributed by atoms with Gasteiger partial charge in [0, 0.05) is 0 Å². The van der Waals surface area contributed by atoms with Gasteiger partial charge in [-0.1, -0.05) is 6.92 Å². The fourth-order valence-electron chi connectivity index (χ4n) is 6.74. The zero-order valence-electron chi connectivity index (χ0n) is 8.42. The number of hydrogen-bond acceptors (Lipinski definition) is 0. The number of fused-ring (bicyclic) bond motifs is 1. The Bertz CT molecular complexity index is 320. The van der Waals surface area contributed by atoms with Crippen LogP contribution in [0.25, 0.3) is 0 Å². The largest absolute Gasteiger partial charge is 0.0648 e. The molecule has 0 aromatic heterocycles. The first-order chi connectivity index (χ1) is 6.37. The molecule has 0 heterocycles. The summed E-state index contributed by atoms with van der Waals surface area (Å²) in [6, 6.07) is 0. The minimum Gasteiger partial charge on any atom is -0.0648 e. The van der Waals surface area contributed by atoms with E-state index in [9.17, 15) is 0 Å². The van der Waals surface area contributed by atoms with E-state index in [0.29, 0.717) is 0 Å². The second-order valence-corrected chi connectivity index (χ2v) is 6.52. The van der Waals surface area contributed by atoms with E-state index >= 15 is 0 Å². The van der Waals surface area contributed by atoms with Crippen LogP contribution in [0.1, 0.15) is 39.0 Å². The molecule has 0 nitrogen and oxygen atoms in total. The highest BCUT2D eigenvalue weighted by atomic mass is 15.0. The Morgan fingerprint density at radius 3 is 2.69 bits per heavy atom. The van der Waals surface area contributed by atoms with E-state index in [1.54, 1.807) is 25.7 Å². The van der Waals surface area contributed by atoms with Gasteiger partial charge in [-0.25, -0.2) is 0 Å². The van der Waals surface area contributed by atoms with Gasteiger partial charge in [0.15, 0.2) is 0 Å². The summed E-state index contributed by atoms with van der Waals surface area (Å²) in [5, 5.41) is 0. The maximum absolute atomic E-state index is 2.48. The average molecular weight is 174 g/mol. The minimum atomic E-state index is 0.940. The lowest BCUT2D eigenvalue weighted by Crippen LogP contribution is -2.23. The van der Waals surface area contributed by atoms with Crippen LogP contribution in [0.3, 0.4) is 0 Å². The van der Waals surface area contributed by atoms with E-state index in [1.165, 1.54) is 36.0 Å². The molecule has 1 spiro atoms. The Balaban J connectivity index is 1.72. The SMILES string of the molecule is CC[C@@]12C3CCC4C5C1C45CCC32. The van der Waals surface area contributed by atoms with Crippen molar-refractivity contribution in [2.45, 2.75) is 39.0 Å². The molecule has 6 rings (SSSR count). The van der Waals surface area contributed by atoms with E-state index in [1.807, 2.05) is 0 Å². The summed E-state index contributed by atoms with van der Waals surface area (Å²) in [6.07, 6.45) is 8.05. The molecular weight excluding hydrogens is 156 g/mol. The van der Waals surface area contributed by atoms with Crippen LogP contribution in [-0.4, -0.2) is 0 Å². The van der Waals surface area contributed by atoms with Gasteiger partial charge in [0.2, 0.25) is 0 Å². The second-order valence-electron chi connectivity index (χ2n) is 6.52. The van der Waals surface area contributed by atoms with Crippen molar-refractivity contribution in [2.24, 2.45) is 40.4 Å². The van der Waals surface area contributed by atoms with E-state index in [-0.39, 0.29) is 0 Å². The van der Waals surface area contributed by atoms with Crippen LogP contribution in [0.15, 0.2) is 0 Å². The smallest absolute Gasteiger partial charge is 0.0195 e. The lowest BCUT2D eigenvalue weighted by atomic mass is 9.75. The summed E-state index contributed by atoms with van der Waals surface area (Å²) >= 11 is 0. The standard InChI is InChI=1S/C13H18/c1-2-12-7-3-4-9-10-11(12)13(9,10)6-5-8(7)12/h7-11H,2-6H2,1H3/t7?,8?,9?,10?,11?,12-,13?/m0/s1. The predicted octanol–water partition coefficient (Wildman–Crippen LogP) is 3.08. The molecule has 6 saturated carbocycles. The molecule has 0 saturated heterocycles. The van der Waals surface area contributed by atoms with Crippen molar-refractivity contribution in [1.29, 1.82) is 0 Å². The molecule has 6 fully saturated rings. The monoisotopic (exact) mass is 174 g/mol. The summed E-state index contributed by atoms with van der Waals surface area (Å²) < 4.78 is 0. The lowest BCUT2D eigenvalue weighted by Gasteiger charge is -2.30. The van der Waals surface area contributed by atoms with Gasteiger partial charge in [0.1, 0.15) is 0 Å². The number of rotatable bonds is 1. The molecule has 70 valence electrons. The maximum atomic E-state index is 2.48. The van der Waals surface area contributed by atoms with Crippen molar-refractivity contribution in [1.82, 2.24) is 0 Å². The van der Waals surface area contributed by atoms with Crippen LogP contribution in [-0.2, 0) is 0 Å². The topological polar surface area (TPSA) is 0 Å². The van der Waals surface area contributed by atoms with Gasteiger partial charge in [-0.05, 0) is 72.5 Å². The highest BCUT2D eigenvalue weighted by molar-refractivity contribution is 5.43. The Kier molecular flexibility index (Phi) is 0.707. The molecule has 6 aliphatic rings. The Labute approximate surface area is 80.1 Å². The maximum Gasteiger partial charge on any atom is -0.0195 e. The van der Waals surface area contributed by atoms with Crippen molar-refractivity contribution < 1.29 is 0 Å². The Hall–Kier alpha value is 0.